The summed E-state index contributed by atoms with van der Waals surface area (Å²) in [7, 11) is 5.48. The predicted molar refractivity (Wildman–Crippen MR) is 162 cm³/mol. The zero-order chi connectivity index (χ0) is 25.8. The van der Waals surface area contributed by atoms with E-state index < -0.39 is 0 Å². The third kappa shape index (κ3) is 5.41. The quantitative estimate of drug-likeness (QED) is 0.197. The number of benzene rings is 2. The second kappa shape index (κ2) is 11.7. The number of anilines is 2. The highest BCUT2D eigenvalue weighted by Crippen LogP contribution is 2.40. The predicted octanol–water partition coefficient (Wildman–Crippen LogP) is 8.17. The number of aryl methyl sites for hydroxylation is 4. The Kier molecular flexibility index (Phi) is 8.60. The van der Waals surface area contributed by atoms with Crippen molar-refractivity contribution in [3.63, 3.8) is 0 Å². The number of hydrogen-bond donors (Lipinski definition) is 0. The molecule has 2 heterocycles. The van der Waals surface area contributed by atoms with Crippen LogP contribution in [0.4, 0.5) is 11.4 Å². The number of hydrogen-bond acceptors (Lipinski definition) is 2. The highest BCUT2D eigenvalue weighted by molar-refractivity contribution is 7.38. The molecule has 2 aromatic heterocycles. The van der Waals surface area contributed by atoms with Gasteiger partial charge in [-0.3, -0.25) is 0 Å². The topological polar surface area (TPSA) is 16.3 Å². The van der Waals surface area contributed by atoms with Crippen LogP contribution in [0.15, 0.2) is 72.8 Å². The van der Waals surface area contributed by atoms with E-state index in [1.165, 1.54) is 45.3 Å². The largest absolute Gasteiger partial charge is 0.339 e. The van der Waals surface area contributed by atoms with Gasteiger partial charge in [-0.05, 0) is 74.2 Å². The molecule has 0 saturated heterocycles. The van der Waals surface area contributed by atoms with Crippen molar-refractivity contribution in [2.24, 2.45) is 0 Å². The number of nitrogens with zero attached hydrogens (tertiary/aromatic N) is 4. The molecule has 4 rings (SSSR count). The first-order valence-corrected chi connectivity index (χ1v) is 14.7. The maximum absolute atomic E-state index is 2.55. The first-order valence-electron chi connectivity index (χ1n) is 12.9. The monoisotopic (exact) mass is 518 g/mol. The third-order valence-electron chi connectivity index (χ3n) is 7.05. The summed E-state index contributed by atoms with van der Waals surface area (Å²) in [5, 5.41) is 0. The molecular weight excluding hydrogens is 478 g/mol. The zero-order valence-electron chi connectivity index (χ0n) is 22.7. The van der Waals surface area contributed by atoms with Crippen LogP contribution in [0.5, 0.6) is 0 Å². The minimum Gasteiger partial charge on any atom is -0.339 e. The Hall–Kier alpha value is -2.54. The second-order valence-electron chi connectivity index (χ2n) is 9.49. The smallest absolute Gasteiger partial charge is 0.0838 e. The molecule has 2 unspecified atom stereocenters. The fraction of sp³-hybridized carbons (Fsp3) is 0.333. The van der Waals surface area contributed by atoms with Crippen LogP contribution in [0.25, 0.3) is 0 Å². The van der Waals surface area contributed by atoms with Gasteiger partial charge in [-0.25, -0.2) is 0 Å². The molecule has 0 spiro atoms. The molecule has 2 aromatic carbocycles. The van der Waals surface area contributed by atoms with Gasteiger partial charge in [0.05, 0.1) is 17.8 Å². The van der Waals surface area contributed by atoms with Gasteiger partial charge in [-0.1, -0.05) is 57.2 Å². The molecule has 0 saturated carbocycles. The van der Waals surface area contributed by atoms with Crippen LogP contribution in [0, 0.1) is 13.8 Å². The van der Waals surface area contributed by atoms with E-state index in [2.05, 4.69) is 140 Å². The summed E-state index contributed by atoms with van der Waals surface area (Å²) in [6, 6.07) is 26.7. The molecule has 0 fully saturated rings. The van der Waals surface area contributed by atoms with Crippen molar-refractivity contribution in [3.8, 4) is 0 Å². The number of aromatic nitrogens is 2. The Morgan fingerprint density at radius 3 is 1.39 bits per heavy atom. The van der Waals surface area contributed by atoms with Crippen molar-refractivity contribution in [1.82, 2.24) is 8.68 Å². The Morgan fingerprint density at radius 2 is 1.03 bits per heavy atom. The van der Waals surface area contributed by atoms with Gasteiger partial charge in [0.1, 0.15) is 0 Å². The van der Waals surface area contributed by atoms with E-state index in [1.807, 2.05) is 0 Å². The molecule has 0 aliphatic heterocycles. The molecule has 0 bridgehead atoms. The van der Waals surface area contributed by atoms with Gasteiger partial charge in [0.15, 0.2) is 0 Å². The van der Waals surface area contributed by atoms with Crippen molar-refractivity contribution < 1.29 is 0 Å². The maximum atomic E-state index is 2.55. The summed E-state index contributed by atoms with van der Waals surface area (Å²) in [4.78, 5) is 0. The Labute approximate surface area is 221 Å². The molecule has 0 radical (unpaired) electrons. The minimum absolute atomic E-state index is 0.293. The fourth-order valence-electron chi connectivity index (χ4n) is 4.90. The third-order valence-corrected chi connectivity index (χ3v) is 9.62. The van der Waals surface area contributed by atoms with Crippen molar-refractivity contribution in [2.75, 3.05) is 23.4 Å². The van der Waals surface area contributed by atoms with Gasteiger partial charge >= 0.3 is 0 Å². The Morgan fingerprint density at radius 1 is 0.639 bits per heavy atom. The highest BCUT2D eigenvalue weighted by atomic mass is 31.1. The first-order chi connectivity index (χ1) is 17.3. The SMILES string of the molecule is CCc1ccc(C(C)c2ccc(CC)n2PN(C)c2ccccc2C)n1PN(C)c1ccccc1C. The van der Waals surface area contributed by atoms with Crippen molar-refractivity contribution in [1.29, 1.82) is 0 Å². The lowest BCUT2D eigenvalue weighted by molar-refractivity contribution is 0.796. The summed E-state index contributed by atoms with van der Waals surface area (Å²) < 4.78 is 9.90. The summed E-state index contributed by atoms with van der Waals surface area (Å²) >= 11 is 0. The molecule has 36 heavy (non-hydrogen) atoms. The lowest BCUT2D eigenvalue weighted by atomic mass is 10.1. The molecule has 4 aromatic rings. The van der Waals surface area contributed by atoms with Crippen LogP contribution in [0.1, 0.15) is 60.6 Å². The van der Waals surface area contributed by atoms with Crippen LogP contribution < -0.4 is 9.34 Å². The average molecular weight is 519 g/mol. The van der Waals surface area contributed by atoms with Gasteiger partial charge in [0.25, 0.3) is 0 Å². The lowest BCUT2D eigenvalue weighted by Gasteiger charge is -2.28. The summed E-state index contributed by atoms with van der Waals surface area (Å²) in [5.41, 5.74) is 10.8. The van der Waals surface area contributed by atoms with Gasteiger partial charge < -0.3 is 18.0 Å². The zero-order valence-corrected chi connectivity index (χ0v) is 24.7. The summed E-state index contributed by atoms with van der Waals surface area (Å²) in [5.74, 6) is 0.293. The first kappa shape index (κ1) is 26.5. The molecule has 0 N–H and O–H groups in total. The highest BCUT2D eigenvalue weighted by Gasteiger charge is 2.22. The molecule has 0 aliphatic rings. The summed E-state index contributed by atoms with van der Waals surface area (Å²) in [6.45, 7) is 11.3. The van der Waals surface area contributed by atoms with E-state index in [0.29, 0.717) is 23.7 Å². The molecule has 6 heteroatoms. The molecule has 4 nitrogen and oxygen atoms in total. The summed E-state index contributed by atoms with van der Waals surface area (Å²) in [6.07, 6.45) is 2.06. The number of para-hydroxylation sites is 2. The Bertz CT molecular complexity index is 1210. The van der Waals surface area contributed by atoms with E-state index in [0.717, 1.165) is 12.8 Å². The van der Waals surface area contributed by atoms with Gasteiger partial charge in [0, 0.05) is 54.2 Å². The van der Waals surface area contributed by atoms with Crippen LogP contribution in [-0.4, -0.2) is 22.8 Å². The van der Waals surface area contributed by atoms with Gasteiger partial charge in [-0.15, -0.1) is 0 Å². The van der Waals surface area contributed by atoms with Crippen LogP contribution >= 0.6 is 17.8 Å². The van der Waals surface area contributed by atoms with Gasteiger partial charge in [0.2, 0.25) is 0 Å². The minimum atomic E-state index is 0.293. The van der Waals surface area contributed by atoms with E-state index in [1.54, 1.807) is 0 Å². The van der Waals surface area contributed by atoms with E-state index in [4.69, 9.17) is 0 Å². The number of rotatable bonds is 10. The van der Waals surface area contributed by atoms with Crippen LogP contribution in [0.3, 0.4) is 0 Å². The maximum Gasteiger partial charge on any atom is 0.0838 e. The van der Waals surface area contributed by atoms with Crippen LogP contribution in [-0.2, 0) is 12.8 Å². The van der Waals surface area contributed by atoms with E-state index in [9.17, 15) is 0 Å². The lowest BCUT2D eigenvalue weighted by Crippen LogP contribution is -2.15. The Balaban J connectivity index is 1.67. The molecule has 2 atom stereocenters. The van der Waals surface area contributed by atoms with Crippen molar-refractivity contribution in [3.05, 3.63) is 107 Å². The molecule has 190 valence electrons. The molecule has 0 aliphatic carbocycles. The van der Waals surface area contributed by atoms with E-state index >= 15 is 0 Å². The second-order valence-corrected chi connectivity index (χ2v) is 12.1. The van der Waals surface area contributed by atoms with Crippen molar-refractivity contribution in [2.45, 2.75) is 53.4 Å². The fourth-order valence-corrected chi connectivity index (χ4v) is 7.71. The average Bonchev–Trinajstić information content (AvgIpc) is 3.47. The molecular formula is C30H40N4P2. The normalized spacial score (nSPS) is 12.8. The van der Waals surface area contributed by atoms with E-state index in [-0.39, 0.29) is 0 Å². The van der Waals surface area contributed by atoms with Crippen molar-refractivity contribution >= 4 is 29.1 Å². The standard InChI is InChI=1S/C30H40N4P2/c1-8-25-18-20-29(33(25)35-31(6)27-16-12-10-14-22(27)3)24(5)30-21-19-26(9-2)34(30)36-32(7)28-17-13-11-15-23(28)4/h10-21,24,35-36H,8-9H2,1-7H3. The molecule has 0 amide bonds. The van der Waals surface area contributed by atoms with Crippen LogP contribution in [0.2, 0.25) is 0 Å². The van der Waals surface area contributed by atoms with Gasteiger partial charge in [-0.2, -0.15) is 0 Å².